The highest BCUT2D eigenvalue weighted by Crippen LogP contribution is 2.21. The second kappa shape index (κ2) is 6.10. The van der Waals surface area contributed by atoms with Crippen LogP contribution in [0.4, 0.5) is 14.5 Å². The van der Waals surface area contributed by atoms with Gasteiger partial charge in [0.05, 0.1) is 0 Å². The molecule has 1 aromatic carbocycles. The van der Waals surface area contributed by atoms with E-state index in [9.17, 15) is 13.6 Å². The number of nitrogens with zero attached hydrogens (tertiary/aromatic N) is 1. The van der Waals surface area contributed by atoms with Crippen molar-refractivity contribution in [3.8, 4) is 5.75 Å². The van der Waals surface area contributed by atoms with Gasteiger partial charge in [0.2, 0.25) is 0 Å². The van der Waals surface area contributed by atoms with E-state index in [2.05, 4.69) is 25.6 Å². The number of H-pyrrole nitrogens is 1. The molecule has 0 spiro atoms. The van der Waals surface area contributed by atoms with Crippen molar-refractivity contribution in [1.82, 2.24) is 15.5 Å². The summed E-state index contributed by atoms with van der Waals surface area (Å²) in [6.07, 6.45) is 0.785. The molecule has 116 valence electrons. The molecule has 3 N–H and O–H groups in total. The Labute approximate surface area is 124 Å². The minimum absolute atomic E-state index is 0.0153. The van der Waals surface area contributed by atoms with Crippen molar-refractivity contribution in [2.45, 2.75) is 19.6 Å². The first-order valence-electron chi connectivity index (χ1n) is 6.76. The summed E-state index contributed by atoms with van der Waals surface area (Å²) in [6, 6.07) is 5.84. The van der Waals surface area contributed by atoms with Crippen LogP contribution >= 0.6 is 0 Å². The van der Waals surface area contributed by atoms with Crippen LogP contribution in [0.3, 0.4) is 0 Å². The molecule has 0 radical (unpaired) electrons. The second-order valence-corrected chi connectivity index (χ2v) is 4.82. The maximum Gasteiger partial charge on any atom is 0.387 e. The van der Waals surface area contributed by atoms with Gasteiger partial charge in [-0.2, -0.15) is 13.9 Å². The van der Waals surface area contributed by atoms with Crippen LogP contribution in [0, 0.1) is 0 Å². The normalized spacial score (nSPS) is 13.8. The number of aromatic nitrogens is 2. The third kappa shape index (κ3) is 3.06. The fourth-order valence-corrected chi connectivity index (χ4v) is 2.35. The molecule has 0 saturated carbocycles. The lowest BCUT2D eigenvalue weighted by atomic mass is 10.1. The molecule has 2 heterocycles. The quantitative estimate of drug-likeness (QED) is 0.806. The van der Waals surface area contributed by atoms with E-state index >= 15 is 0 Å². The van der Waals surface area contributed by atoms with Gasteiger partial charge in [0, 0.05) is 42.5 Å². The predicted octanol–water partition coefficient (Wildman–Crippen LogP) is 1.91. The number of rotatable bonds is 4. The smallest absolute Gasteiger partial charge is 0.387 e. The van der Waals surface area contributed by atoms with E-state index in [1.54, 1.807) is 6.07 Å². The summed E-state index contributed by atoms with van der Waals surface area (Å²) in [6.45, 7) is -1.50. The Morgan fingerprint density at radius 2 is 2.27 bits per heavy atom. The highest BCUT2D eigenvalue weighted by molar-refractivity contribution is 6.04. The highest BCUT2D eigenvalue weighted by atomic mass is 19.3. The molecular weight excluding hydrogens is 294 g/mol. The number of hydrogen-bond donors (Lipinski definition) is 3. The summed E-state index contributed by atoms with van der Waals surface area (Å²) in [4.78, 5) is 12.3. The fourth-order valence-electron chi connectivity index (χ4n) is 2.35. The van der Waals surface area contributed by atoms with Crippen LogP contribution in [0.25, 0.3) is 0 Å². The molecule has 0 atom stereocenters. The van der Waals surface area contributed by atoms with Crippen LogP contribution in [-0.4, -0.2) is 29.3 Å². The number of nitrogens with one attached hydrogen (secondary N) is 3. The lowest BCUT2D eigenvalue weighted by Crippen LogP contribution is -2.25. The molecule has 3 rings (SSSR count). The Morgan fingerprint density at radius 3 is 3.09 bits per heavy atom. The van der Waals surface area contributed by atoms with Crippen LogP contribution in [0.5, 0.6) is 5.75 Å². The molecule has 0 unspecified atom stereocenters. The molecule has 0 fully saturated rings. The zero-order valence-corrected chi connectivity index (χ0v) is 11.5. The second-order valence-electron chi connectivity index (χ2n) is 4.82. The van der Waals surface area contributed by atoms with Gasteiger partial charge in [0.1, 0.15) is 5.75 Å². The van der Waals surface area contributed by atoms with E-state index in [-0.39, 0.29) is 5.75 Å². The molecule has 0 aliphatic carbocycles. The van der Waals surface area contributed by atoms with Gasteiger partial charge in [-0.05, 0) is 12.1 Å². The first-order chi connectivity index (χ1) is 10.6. The predicted molar refractivity (Wildman–Crippen MR) is 75.0 cm³/mol. The van der Waals surface area contributed by atoms with Crippen LogP contribution in [0.15, 0.2) is 24.3 Å². The molecular formula is C14H14F2N4O2. The number of anilines is 1. The molecule has 1 aromatic heterocycles. The number of halogens is 2. The standard InChI is InChI=1S/C14H14F2N4O2/c15-14(16)22-9-3-1-2-8(6-9)18-13(21)12-10-7-17-5-4-11(10)19-20-12/h1-3,6,14,17H,4-5,7H2,(H,18,21)(H,19,20). The number of hydrogen-bond acceptors (Lipinski definition) is 4. The highest BCUT2D eigenvalue weighted by Gasteiger charge is 2.21. The van der Waals surface area contributed by atoms with Gasteiger partial charge < -0.3 is 15.4 Å². The Morgan fingerprint density at radius 1 is 1.41 bits per heavy atom. The fraction of sp³-hybridized carbons (Fsp3) is 0.286. The van der Waals surface area contributed by atoms with Crippen LogP contribution in [0.2, 0.25) is 0 Å². The van der Waals surface area contributed by atoms with Crippen molar-refractivity contribution in [3.05, 3.63) is 41.2 Å². The number of amides is 1. The van der Waals surface area contributed by atoms with Crippen molar-refractivity contribution in [1.29, 1.82) is 0 Å². The van der Waals surface area contributed by atoms with E-state index in [4.69, 9.17) is 0 Å². The van der Waals surface area contributed by atoms with Gasteiger partial charge in [-0.1, -0.05) is 6.07 Å². The summed E-state index contributed by atoms with van der Waals surface area (Å²) in [7, 11) is 0. The van der Waals surface area contributed by atoms with E-state index in [1.807, 2.05) is 0 Å². The van der Waals surface area contributed by atoms with E-state index in [0.29, 0.717) is 17.9 Å². The number of aromatic amines is 1. The number of alkyl halides is 2. The van der Waals surface area contributed by atoms with Crippen molar-refractivity contribution >= 4 is 11.6 Å². The van der Waals surface area contributed by atoms with Crippen LogP contribution in [-0.2, 0) is 13.0 Å². The minimum Gasteiger partial charge on any atom is -0.435 e. The monoisotopic (exact) mass is 308 g/mol. The molecule has 0 bridgehead atoms. The van der Waals surface area contributed by atoms with Gasteiger partial charge in [-0.3, -0.25) is 9.89 Å². The maximum absolute atomic E-state index is 12.3. The zero-order chi connectivity index (χ0) is 15.5. The first-order valence-corrected chi connectivity index (χ1v) is 6.76. The van der Waals surface area contributed by atoms with Gasteiger partial charge in [0.15, 0.2) is 5.69 Å². The molecule has 1 aliphatic heterocycles. The molecule has 1 amide bonds. The lowest BCUT2D eigenvalue weighted by Gasteiger charge is -2.13. The lowest BCUT2D eigenvalue weighted by molar-refractivity contribution is -0.0497. The average molecular weight is 308 g/mol. The molecule has 2 aromatic rings. The summed E-state index contributed by atoms with van der Waals surface area (Å²) in [5, 5.41) is 12.7. The third-order valence-corrected chi connectivity index (χ3v) is 3.34. The van der Waals surface area contributed by atoms with E-state index in [0.717, 1.165) is 24.2 Å². The largest absolute Gasteiger partial charge is 0.435 e. The summed E-state index contributed by atoms with van der Waals surface area (Å²) in [5.41, 5.74) is 2.45. The summed E-state index contributed by atoms with van der Waals surface area (Å²) < 4.78 is 28.7. The van der Waals surface area contributed by atoms with Crippen LogP contribution < -0.4 is 15.4 Å². The Hall–Kier alpha value is -2.48. The molecule has 22 heavy (non-hydrogen) atoms. The SMILES string of the molecule is O=C(Nc1cccc(OC(F)F)c1)c1n[nH]c2c1CNCC2. The number of benzene rings is 1. The van der Waals surface area contributed by atoms with Crippen molar-refractivity contribution in [3.63, 3.8) is 0 Å². The van der Waals surface area contributed by atoms with Gasteiger partial charge in [0.25, 0.3) is 5.91 Å². The average Bonchev–Trinajstić information content (AvgIpc) is 2.91. The molecule has 8 heteroatoms. The molecule has 6 nitrogen and oxygen atoms in total. The van der Waals surface area contributed by atoms with Crippen molar-refractivity contribution in [2.24, 2.45) is 0 Å². The molecule has 1 aliphatic rings. The number of fused-ring (bicyclic) bond motifs is 1. The van der Waals surface area contributed by atoms with Gasteiger partial charge >= 0.3 is 6.61 Å². The Bertz CT molecular complexity index is 687. The Balaban J connectivity index is 1.75. The zero-order valence-electron chi connectivity index (χ0n) is 11.5. The Kier molecular flexibility index (Phi) is 4.01. The number of carbonyl (C=O) groups excluding carboxylic acids is 1. The van der Waals surface area contributed by atoms with Gasteiger partial charge in [-0.15, -0.1) is 0 Å². The number of carbonyl (C=O) groups is 1. The number of ether oxygens (including phenoxy) is 1. The molecule has 0 saturated heterocycles. The van der Waals surface area contributed by atoms with E-state index in [1.165, 1.54) is 18.2 Å². The first kappa shape index (κ1) is 14.5. The van der Waals surface area contributed by atoms with E-state index < -0.39 is 12.5 Å². The minimum atomic E-state index is -2.91. The van der Waals surface area contributed by atoms with Gasteiger partial charge in [-0.25, -0.2) is 0 Å². The third-order valence-electron chi connectivity index (χ3n) is 3.34. The van der Waals surface area contributed by atoms with Crippen LogP contribution in [0.1, 0.15) is 21.7 Å². The summed E-state index contributed by atoms with van der Waals surface area (Å²) >= 11 is 0. The maximum atomic E-state index is 12.3. The van der Waals surface area contributed by atoms with Crippen molar-refractivity contribution in [2.75, 3.05) is 11.9 Å². The topological polar surface area (TPSA) is 79.0 Å². The van der Waals surface area contributed by atoms with Crippen molar-refractivity contribution < 1.29 is 18.3 Å². The summed E-state index contributed by atoms with van der Waals surface area (Å²) in [5.74, 6) is -0.408.